The monoisotopic (exact) mass is 354 g/mol. The van der Waals surface area contributed by atoms with Gasteiger partial charge in [-0.3, -0.25) is 4.79 Å². The molecule has 2 aromatic carbocycles. The largest absolute Gasteiger partial charge is 0.493 e. The number of nitrogens with zero attached hydrogens (tertiary/aromatic N) is 1. The minimum absolute atomic E-state index is 0.123. The number of hydrogen-bond acceptors (Lipinski definition) is 7. The van der Waals surface area contributed by atoms with Crippen LogP contribution < -0.4 is 19.5 Å². The Kier molecular flexibility index (Phi) is 5.13. The molecule has 1 aliphatic heterocycles. The summed E-state index contributed by atoms with van der Waals surface area (Å²) >= 11 is 0. The third kappa shape index (κ3) is 3.81. The zero-order chi connectivity index (χ0) is 18.5. The smallest absolute Gasteiger partial charge is 0.302 e. The normalized spacial score (nSPS) is 12.8. The van der Waals surface area contributed by atoms with E-state index < -0.39 is 0 Å². The Morgan fingerprint density at radius 1 is 1.31 bits per heavy atom. The van der Waals surface area contributed by atoms with Crippen LogP contribution in [-0.2, 0) is 9.53 Å². The molecule has 7 nitrogen and oxygen atoms in total. The van der Waals surface area contributed by atoms with Crippen LogP contribution in [0.5, 0.6) is 17.2 Å². The molecule has 1 N–H and O–H groups in total. The second kappa shape index (κ2) is 7.66. The van der Waals surface area contributed by atoms with Crippen LogP contribution in [0.15, 0.2) is 36.4 Å². The van der Waals surface area contributed by atoms with Gasteiger partial charge < -0.3 is 24.3 Å². The molecule has 1 atom stereocenters. The first kappa shape index (κ1) is 17.4. The third-order valence-electron chi connectivity index (χ3n) is 3.89. The summed E-state index contributed by atoms with van der Waals surface area (Å²) in [5.41, 5.74) is 2.17. The van der Waals surface area contributed by atoms with Gasteiger partial charge >= 0.3 is 5.97 Å². The topological polar surface area (TPSA) is 89.8 Å². The number of ether oxygens (including phenoxy) is 4. The molecular formula is C19H18N2O5. The van der Waals surface area contributed by atoms with E-state index in [1.54, 1.807) is 31.4 Å². The van der Waals surface area contributed by atoms with Crippen molar-refractivity contribution in [1.82, 2.24) is 0 Å². The summed E-state index contributed by atoms with van der Waals surface area (Å²) in [6, 6.07) is 12.4. The third-order valence-corrected chi connectivity index (χ3v) is 3.89. The van der Waals surface area contributed by atoms with Gasteiger partial charge in [0.1, 0.15) is 6.61 Å². The van der Waals surface area contributed by atoms with Crippen LogP contribution in [0.4, 0.5) is 5.69 Å². The molecular weight excluding hydrogens is 336 g/mol. The van der Waals surface area contributed by atoms with Gasteiger partial charge in [-0.1, -0.05) is 0 Å². The maximum atomic E-state index is 11.3. The van der Waals surface area contributed by atoms with Crippen molar-refractivity contribution >= 4 is 11.7 Å². The molecule has 1 heterocycles. The van der Waals surface area contributed by atoms with Gasteiger partial charge in [-0.25, -0.2) is 0 Å². The molecule has 0 saturated heterocycles. The minimum atomic E-state index is -0.371. The lowest BCUT2D eigenvalue weighted by Crippen LogP contribution is -2.19. The highest BCUT2D eigenvalue weighted by Gasteiger charge is 2.24. The molecule has 2 aromatic rings. The Morgan fingerprint density at radius 2 is 2.08 bits per heavy atom. The number of esters is 1. The van der Waals surface area contributed by atoms with E-state index in [0.717, 1.165) is 11.3 Å². The summed E-state index contributed by atoms with van der Waals surface area (Å²) in [5, 5.41) is 12.2. The Morgan fingerprint density at radius 3 is 2.73 bits per heavy atom. The molecule has 0 bridgehead atoms. The van der Waals surface area contributed by atoms with Crippen LogP contribution in [-0.4, -0.2) is 26.5 Å². The molecule has 3 rings (SSSR count). The Balaban J connectivity index is 1.90. The highest BCUT2D eigenvalue weighted by atomic mass is 16.7. The van der Waals surface area contributed by atoms with Crippen molar-refractivity contribution in [3.8, 4) is 23.3 Å². The number of benzene rings is 2. The van der Waals surface area contributed by atoms with Gasteiger partial charge in [0.2, 0.25) is 12.5 Å². The number of carbonyl (C=O) groups excluding carboxylic acids is 1. The Hall–Kier alpha value is -3.40. The average molecular weight is 354 g/mol. The summed E-state index contributed by atoms with van der Waals surface area (Å²) in [4.78, 5) is 11.3. The maximum absolute atomic E-state index is 11.3. The number of rotatable bonds is 6. The summed E-state index contributed by atoms with van der Waals surface area (Å²) < 4.78 is 21.5. The molecule has 0 fully saturated rings. The molecule has 7 heteroatoms. The lowest BCUT2D eigenvalue weighted by molar-refractivity contribution is -0.141. The fraction of sp³-hybridized carbons (Fsp3) is 0.263. The molecule has 0 radical (unpaired) electrons. The molecule has 1 aliphatic rings. The highest BCUT2D eigenvalue weighted by Crippen LogP contribution is 2.43. The zero-order valence-corrected chi connectivity index (χ0v) is 14.4. The molecule has 0 spiro atoms. The minimum Gasteiger partial charge on any atom is -0.493 e. The van der Waals surface area contributed by atoms with Crippen molar-refractivity contribution in [1.29, 1.82) is 5.26 Å². The van der Waals surface area contributed by atoms with E-state index in [0.29, 0.717) is 22.8 Å². The first-order chi connectivity index (χ1) is 12.6. The van der Waals surface area contributed by atoms with Gasteiger partial charge in [0, 0.05) is 12.6 Å². The van der Waals surface area contributed by atoms with Crippen molar-refractivity contribution < 1.29 is 23.7 Å². The van der Waals surface area contributed by atoms with Gasteiger partial charge in [0.15, 0.2) is 11.5 Å². The molecule has 134 valence electrons. The lowest BCUT2D eigenvalue weighted by Gasteiger charge is -2.21. The van der Waals surface area contributed by atoms with Gasteiger partial charge in [-0.2, -0.15) is 5.26 Å². The summed E-state index contributed by atoms with van der Waals surface area (Å²) in [7, 11) is 1.55. The fourth-order valence-electron chi connectivity index (χ4n) is 2.62. The summed E-state index contributed by atoms with van der Waals surface area (Å²) in [6.45, 7) is 1.62. The SMILES string of the molecule is COc1cc(C(COC(C)=O)Nc2ccc(C#N)cc2)cc2c1OCO2. The summed E-state index contributed by atoms with van der Waals surface area (Å²) in [6.07, 6.45) is 0. The van der Waals surface area contributed by atoms with E-state index in [4.69, 9.17) is 24.2 Å². The van der Waals surface area contributed by atoms with E-state index in [9.17, 15) is 4.79 Å². The predicted octanol–water partition coefficient (Wildman–Crippen LogP) is 3.01. The Labute approximate surface area is 151 Å². The van der Waals surface area contributed by atoms with E-state index in [2.05, 4.69) is 11.4 Å². The lowest BCUT2D eigenvalue weighted by atomic mass is 10.1. The van der Waals surface area contributed by atoms with Gasteiger partial charge in [-0.15, -0.1) is 0 Å². The molecule has 0 aromatic heterocycles. The predicted molar refractivity (Wildman–Crippen MR) is 93.3 cm³/mol. The highest BCUT2D eigenvalue weighted by molar-refractivity contribution is 5.66. The summed E-state index contributed by atoms with van der Waals surface area (Å²) in [5.74, 6) is 1.31. The van der Waals surface area contributed by atoms with E-state index in [1.807, 2.05) is 12.1 Å². The van der Waals surface area contributed by atoms with Crippen LogP contribution in [0.3, 0.4) is 0 Å². The second-order valence-corrected chi connectivity index (χ2v) is 5.65. The number of hydrogen-bond donors (Lipinski definition) is 1. The second-order valence-electron chi connectivity index (χ2n) is 5.65. The van der Waals surface area contributed by atoms with Crippen LogP contribution in [0.25, 0.3) is 0 Å². The Bertz CT molecular complexity index is 842. The zero-order valence-electron chi connectivity index (χ0n) is 14.4. The molecule has 0 amide bonds. The standard InChI is InChI=1S/C19H18N2O5/c1-12(22)24-10-16(21-15-5-3-13(9-20)4-6-15)14-7-17(23-2)19-18(8-14)25-11-26-19/h3-8,16,21H,10-11H2,1-2H3. The number of fused-ring (bicyclic) bond motifs is 1. The van der Waals surface area contributed by atoms with E-state index in [1.165, 1.54) is 6.92 Å². The molecule has 1 unspecified atom stereocenters. The number of nitriles is 1. The van der Waals surface area contributed by atoms with Crippen molar-refractivity contribution in [2.24, 2.45) is 0 Å². The number of carbonyl (C=O) groups is 1. The molecule has 0 aliphatic carbocycles. The van der Waals surface area contributed by atoms with Crippen LogP contribution >= 0.6 is 0 Å². The molecule has 0 saturated carbocycles. The van der Waals surface area contributed by atoms with Gasteiger partial charge in [-0.05, 0) is 42.0 Å². The van der Waals surface area contributed by atoms with Crippen LogP contribution in [0.2, 0.25) is 0 Å². The van der Waals surface area contributed by atoms with Crippen LogP contribution in [0, 0.1) is 11.3 Å². The number of nitrogens with one attached hydrogen (secondary N) is 1. The number of anilines is 1. The first-order valence-electron chi connectivity index (χ1n) is 7.98. The van der Waals surface area contributed by atoms with Crippen molar-refractivity contribution in [2.75, 3.05) is 25.8 Å². The van der Waals surface area contributed by atoms with Crippen molar-refractivity contribution in [3.05, 3.63) is 47.5 Å². The first-order valence-corrected chi connectivity index (χ1v) is 7.98. The maximum Gasteiger partial charge on any atom is 0.302 e. The van der Waals surface area contributed by atoms with Gasteiger partial charge in [0.25, 0.3) is 0 Å². The van der Waals surface area contributed by atoms with Crippen LogP contribution in [0.1, 0.15) is 24.1 Å². The number of methoxy groups -OCH3 is 1. The fourth-order valence-corrected chi connectivity index (χ4v) is 2.62. The van der Waals surface area contributed by atoms with E-state index >= 15 is 0 Å². The van der Waals surface area contributed by atoms with Gasteiger partial charge in [0.05, 0.1) is 24.8 Å². The van der Waals surface area contributed by atoms with Crippen molar-refractivity contribution in [3.63, 3.8) is 0 Å². The average Bonchev–Trinajstić information content (AvgIpc) is 3.13. The molecule has 26 heavy (non-hydrogen) atoms. The quantitative estimate of drug-likeness (QED) is 0.798. The van der Waals surface area contributed by atoms with Crippen molar-refractivity contribution in [2.45, 2.75) is 13.0 Å². The van der Waals surface area contributed by atoms with E-state index in [-0.39, 0.29) is 25.4 Å².